The Hall–Kier alpha value is -1.14. The summed E-state index contributed by atoms with van der Waals surface area (Å²) in [5, 5.41) is 6.22. The van der Waals surface area contributed by atoms with E-state index in [9.17, 15) is 0 Å². The smallest absolute Gasteiger partial charge is 0.224 e. The van der Waals surface area contributed by atoms with E-state index < -0.39 is 0 Å². The van der Waals surface area contributed by atoms with E-state index in [0.717, 1.165) is 26.0 Å². The maximum atomic E-state index is 4.39. The van der Waals surface area contributed by atoms with Gasteiger partial charge in [0.05, 0.1) is 5.69 Å². The summed E-state index contributed by atoms with van der Waals surface area (Å²) in [5.41, 5.74) is 1.93. The van der Waals surface area contributed by atoms with Gasteiger partial charge < -0.3 is 10.6 Å². The monoisotopic (exact) mass is 370 g/mol. The quantitative estimate of drug-likeness (QED) is 0.852. The predicted octanol–water partition coefficient (Wildman–Crippen LogP) is 4.10. The van der Waals surface area contributed by atoms with Crippen LogP contribution in [-0.4, -0.2) is 17.0 Å². The van der Waals surface area contributed by atoms with Crippen molar-refractivity contribution >= 4 is 49.3 Å². The largest absolute Gasteiger partial charge is 0.357 e. The van der Waals surface area contributed by atoms with Gasteiger partial charge in [0.1, 0.15) is 5.82 Å². The molecule has 0 unspecified atom stereocenters. The molecule has 1 aromatic carbocycles. The van der Waals surface area contributed by atoms with Gasteiger partial charge in [-0.05, 0) is 50.9 Å². The molecule has 0 atom stereocenters. The molecule has 0 bridgehead atoms. The molecule has 0 aliphatic rings. The minimum Gasteiger partial charge on any atom is -0.357 e. The Morgan fingerprint density at radius 1 is 1.17 bits per heavy atom. The second-order valence-corrected chi connectivity index (χ2v) is 5.41. The summed E-state index contributed by atoms with van der Waals surface area (Å²) in [6.07, 6.45) is 1.78. The third kappa shape index (κ3) is 2.81. The van der Waals surface area contributed by atoms with Crippen LogP contribution >= 0.6 is 31.9 Å². The van der Waals surface area contributed by atoms with E-state index in [1.165, 1.54) is 0 Å². The number of aryl methyl sites for hydroxylation is 1. The van der Waals surface area contributed by atoms with Gasteiger partial charge in [-0.3, -0.25) is 0 Å². The molecule has 0 spiro atoms. The van der Waals surface area contributed by atoms with Crippen LogP contribution in [0.3, 0.4) is 0 Å². The summed E-state index contributed by atoms with van der Waals surface area (Å²) in [5.74, 6) is 1.37. The zero-order valence-electron chi connectivity index (χ0n) is 9.96. The number of nitrogens with one attached hydrogen (secondary N) is 2. The van der Waals surface area contributed by atoms with Gasteiger partial charge in [0.25, 0.3) is 0 Å². The number of aromatic nitrogens is 2. The van der Waals surface area contributed by atoms with E-state index in [-0.39, 0.29) is 0 Å². The first-order valence-electron chi connectivity index (χ1n) is 5.34. The summed E-state index contributed by atoms with van der Waals surface area (Å²) < 4.78 is 1.95. The lowest BCUT2D eigenvalue weighted by atomic mass is 10.3. The van der Waals surface area contributed by atoms with Crippen LogP contribution in [0.15, 0.2) is 33.3 Å². The second-order valence-electron chi connectivity index (χ2n) is 3.70. The fourth-order valence-electron chi connectivity index (χ4n) is 1.42. The highest BCUT2D eigenvalue weighted by Crippen LogP contribution is 2.33. The second kappa shape index (κ2) is 5.67. The van der Waals surface area contributed by atoms with Crippen LogP contribution in [0.1, 0.15) is 5.56 Å². The minimum atomic E-state index is 0.589. The van der Waals surface area contributed by atoms with Gasteiger partial charge >= 0.3 is 0 Å². The van der Waals surface area contributed by atoms with Crippen molar-refractivity contribution in [2.45, 2.75) is 6.92 Å². The summed E-state index contributed by atoms with van der Waals surface area (Å²) in [6.45, 7) is 1.96. The first kappa shape index (κ1) is 13.3. The molecule has 4 nitrogen and oxygen atoms in total. The molecule has 18 heavy (non-hydrogen) atoms. The van der Waals surface area contributed by atoms with E-state index in [1.54, 1.807) is 13.2 Å². The minimum absolute atomic E-state index is 0.589. The highest BCUT2D eigenvalue weighted by atomic mass is 79.9. The van der Waals surface area contributed by atoms with Crippen molar-refractivity contribution in [2.24, 2.45) is 0 Å². The molecule has 0 radical (unpaired) electrons. The molecule has 0 amide bonds. The lowest BCUT2D eigenvalue weighted by molar-refractivity contribution is 1.12. The SMILES string of the molecule is CNc1ncc(C)c(Nc2c(Br)cccc2Br)n1. The highest BCUT2D eigenvalue weighted by Gasteiger charge is 2.08. The van der Waals surface area contributed by atoms with Gasteiger partial charge in [0.15, 0.2) is 0 Å². The number of hydrogen-bond donors (Lipinski definition) is 2. The maximum absolute atomic E-state index is 4.39. The molecule has 2 N–H and O–H groups in total. The zero-order chi connectivity index (χ0) is 13.1. The summed E-state index contributed by atoms with van der Waals surface area (Å²) in [6, 6.07) is 5.91. The number of anilines is 3. The van der Waals surface area contributed by atoms with Gasteiger partial charge in [-0.1, -0.05) is 6.07 Å². The Morgan fingerprint density at radius 2 is 1.83 bits per heavy atom. The van der Waals surface area contributed by atoms with E-state index in [2.05, 4.69) is 52.5 Å². The van der Waals surface area contributed by atoms with Gasteiger partial charge in [-0.25, -0.2) is 4.98 Å². The molecular weight excluding hydrogens is 360 g/mol. The van der Waals surface area contributed by atoms with Gasteiger partial charge in [0.2, 0.25) is 5.95 Å². The topological polar surface area (TPSA) is 49.8 Å². The van der Waals surface area contributed by atoms with Crippen LogP contribution in [0.5, 0.6) is 0 Å². The highest BCUT2D eigenvalue weighted by molar-refractivity contribution is 9.11. The lowest BCUT2D eigenvalue weighted by Crippen LogP contribution is -2.03. The Labute approximate surface area is 122 Å². The average molecular weight is 372 g/mol. The van der Waals surface area contributed by atoms with Crippen molar-refractivity contribution < 1.29 is 0 Å². The third-order valence-corrected chi connectivity index (χ3v) is 3.72. The molecule has 1 heterocycles. The van der Waals surface area contributed by atoms with Gasteiger partial charge in [-0.15, -0.1) is 0 Å². The molecule has 0 saturated carbocycles. The standard InChI is InChI=1S/C12H12Br2N4/c1-7-6-16-12(15-2)18-11(7)17-10-8(13)4-3-5-9(10)14/h3-6H,1-2H3,(H2,15,16,17,18). The van der Waals surface area contributed by atoms with E-state index in [4.69, 9.17) is 0 Å². The lowest BCUT2D eigenvalue weighted by Gasteiger charge is -2.12. The molecule has 1 aromatic heterocycles. The van der Waals surface area contributed by atoms with E-state index in [1.807, 2.05) is 25.1 Å². The average Bonchev–Trinajstić information content (AvgIpc) is 2.36. The fourth-order valence-corrected chi connectivity index (χ4v) is 2.62. The summed E-state index contributed by atoms with van der Waals surface area (Å²) in [4.78, 5) is 8.55. The number of benzene rings is 1. The Morgan fingerprint density at radius 3 is 2.44 bits per heavy atom. The Kier molecular flexibility index (Phi) is 4.19. The molecule has 0 fully saturated rings. The molecular formula is C12H12Br2N4. The number of para-hydroxylation sites is 1. The van der Waals surface area contributed by atoms with Gasteiger partial charge in [0, 0.05) is 27.8 Å². The molecule has 0 aliphatic carbocycles. The first-order chi connectivity index (χ1) is 8.61. The van der Waals surface area contributed by atoms with Gasteiger partial charge in [-0.2, -0.15) is 4.98 Å². The molecule has 2 rings (SSSR count). The maximum Gasteiger partial charge on any atom is 0.224 e. The molecule has 0 aliphatic heterocycles. The molecule has 94 valence electrons. The van der Waals surface area contributed by atoms with Crippen molar-refractivity contribution in [1.29, 1.82) is 0 Å². The van der Waals surface area contributed by atoms with Crippen LogP contribution in [0.2, 0.25) is 0 Å². The zero-order valence-corrected chi connectivity index (χ0v) is 13.1. The first-order valence-corrected chi connectivity index (χ1v) is 6.93. The van der Waals surface area contributed by atoms with Crippen molar-refractivity contribution in [2.75, 3.05) is 17.7 Å². The van der Waals surface area contributed by atoms with Crippen molar-refractivity contribution in [3.05, 3.63) is 38.9 Å². The van der Waals surface area contributed by atoms with Crippen molar-refractivity contribution in [3.63, 3.8) is 0 Å². The number of halogens is 2. The number of hydrogen-bond acceptors (Lipinski definition) is 4. The van der Waals surface area contributed by atoms with Crippen LogP contribution in [0, 0.1) is 6.92 Å². The van der Waals surface area contributed by atoms with E-state index in [0.29, 0.717) is 5.95 Å². The molecule has 2 aromatic rings. The summed E-state index contributed by atoms with van der Waals surface area (Å²) in [7, 11) is 1.79. The molecule has 0 saturated heterocycles. The number of nitrogens with zero attached hydrogens (tertiary/aromatic N) is 2. The molecule has 6 heteroatoms. The Bertz CT molecular complexity index is 552. The third-order valence-electron chi connectivity index (χ3n) is 2.40. The van der Waals surface area contributed by atoms with Crippen LogP contribution in [0.4, 0.5) is 17.5 Å². The van der Waals surface area contributed by atoms with Crippen molar-refractivity contribution in [1.82, 2.24) is 9.97 Å². The van der Waals surface area contributed by atoms with Crippen LogP contribution in [0.25, 0.3) is 0 Å². The fraction of sp³-hybridized carbons (Fsp3) is 0.167. The number of rotatable bonds is 3. The van der Waals surface area contributed by atoms with E-state index >= 15 is 0 Å². The van der Waals surface area contributed by atoms with Crippen LogP contribution in [-0.2, 0) is 0 Å². The summed E-state index contributed by atoms with van der Waals surface area (Å²) >= 11 is 7.03. The normalized spacial score (nSPS) is 10.2. The Balaban J connectivity index is 2.39. The van der Waals surface area contributed by atoms with Crippen molar-refractivity contribution in [3.8, 4) is 0 Å². The van der Waals surface area contributed by atoms with Crippen LogP contribution < -0.4 is 10.6 Å². The predicted molar refractivity (Wildman–Crippen MR) is 81.4 cm³/mol.